The van der Waals surface area contributed by atoms with Gasteiger partial charge < -0.3 is 9.50 Å². The molecule has 0 atom stereocenters. The molecule has 3 aromatic rings. The molecule has 34 heavy (non-hydrogen) atoms. The third-order valence-electron chi connectivity index (χ3n) is 4.55. The first-order valence-corrected chi connectivity index (χ1v) is 13.4. The molecule has 1 aliphatic rings. The smallest absolute Gasteiger partial charge is 0.339 e. The number of rotatable bonds is 5. The zero-order chi connectivity index (χ0) is 24.5. The highest BCUT2D eigenvalue weighted by Gasteiger charge is 2.25. The SMILES string of the molecule is Cc1ccc(S(=O)(=O)Oc2ccc(Br)cc2/C=C2/SC(=Nc3ccc(Cl)c(Cl)c3)NC2=O)cc1. The Morgan fingerprint density at radius 3 is 2.47 bits per heavy atom. The highest BCUT2D eigenvalue weighted by atomic mass is 79.9. The summed E-state index contributed by atoms with van der Waals surface area (Å²) in [6.07, 6.45) is 1.54. The number of carbonyl (C=O) groups excluding carboxylic acids is 1. The van der Waals surface area contributed by atoms with Gasteiger partial charge in [-0.3, -0.25) is 4.79 Å². The third-order valence-corrected chi connectivity index (χ3v) is 7.94. The van der Waals surface area contributed by atoms with Gasteiger partial charge in [-0.05, 0) is 73.3 Å². The van der Waals surface area contributed by atoms with E-state index in [1.54, 1.807) is 48.5 Å². The van der Waals surface area contributed by atoms with Crippen molar-refractivity contribution < 1.29 is 17.4 Å². The van der Waals surface area contributed by atoms with Gasteiger partial charge in [0.15, 0.2) is 5.17 Å². The standard InChI is InChI=1S/C23H15BrCl2N2O4S2/c1-13-2-6-17(7-3-13)34(30,31)32-20-9-4-15(24)10-14(20)11-21-22(29)28-23(33-21)27-16-5-8-18(25)19(26)12-16/h2-12H,1H3,(H,27,28,29)/b21-11+. The van der Waals surface area contributed by atoms with Gasteiger partial charge in [0, 0.05) is 10.0 Å². The number of amides is 1. The van der Waals surface area contributed by atoms with Crippen LogP contribution in [0.5, 0.6) is 5.75 Å². The van der Waals surface area contributed by atoms with Gasteiger partial charge in [-0.2, -0.15) is 8.42 Å². The Balaban J connectivity index is 1.63. The zero-order valence-electron chi connectivity index (χ0n) is 17.4. The van der Waals surface area contributed by atoms with Crippen LogP contribution < -0.4 is 9.50 Å². The first-order valence-electron chi connectivity index (χ1n) is 9.66. The van der Waals surface area contributed by atoms with Crippen molar-refractivity contribution in [3.63, 3.8) is 0 Å². The molecule has 1 aliphatic heterocycles. The van der Waals surface area contributed by atoms with E-state index in [4.69, 9.17) is 27.4 Å². The molecule has 1 saturated heterocycles. The normalized spacial score (nSPS) is 16.2. The van der Waals surface area contributed by atoms with Crippen LogP contribution >= 0.6 is 50.9 Å². The zero-order valence-corrected chi connectivity index (χ0v) is 22.1. The lowest BCUT2D eigenvalue weighted by molar-refractivity contribution is -0.115. The van der Waals surface area contributed by atoms with Crippen molar-refractivity contribution in [1.82, 2.24) is 5.32 Å². The van der Waals surface area contributed by atoms with Crippen LogP contribution in [0.3, 0.4) is 0 Å². The second-order valence-corrected chi connectivity index (χ2v) is 11.4. The number of amidine groups is 1. The number of nitrogens with zero attached hydrogens (tertiary/aromatic N) is 1. The maximum Gasteiger partial charge on any atom is 0.339 e. The maximum atomic E-state index is 12.8. The van der Waals surface area contributed by atoms with E-state index in [9.17, 15) is 13.2 Å². The van der Waals surface area contributed by atoms with E-state index >= 15 is 0 Å². The van der Waals surface area contributed by atoms with Gasteiger partial charge in [0.2, 0.25) is 0 Å². The lowest BCUT2D eigenvalue weighted by Gasteiger charge is -2.10. The molecule has 174 valence electrons. The Bertz CT molecular complexity index is 1460. The molecule has 0 bridgehead atoms. The second kappa shape index (κ2) is 10.1. The molecular formula is C23H15BrCl2N2O4S2. The number of carbonyl (C=O) groups is 1. The number of benzene rings is 3. The molecule has 4 rings (SSSR count). The third kappa shape index (κ3) is 5.84. The molecule has 11 heteroatoms. The summed E-state index contributed by atoms with van der Waals surface area (Å²) in [5.74, 6) is -0.296. The van der Waals surface area contributed by atoms with Crippen LogP contribution in [0.15, 0.2) is 79.9 Å². The van der Waals surface area contributed by atoms with Crippen LogP contribution in [0.2, 0.25) is 10.0 Å². The van der Waals surface area contributed by atoms with Crippen LogP contribution in [0, 0.1) is 6.92 Å². The molecule has 0 aromatic heterocycles. The van der Waals surface area contributed by atoms with E-state index in [2.05, 4.69) is 26.2 Å². The Labute approximate surface area is 219 Å². The van der Waals surface area contributed by atoms with Crippen molar-refractivity contribution >= 4 is 83.9 Å². The fourth-order valence-corrected chi connectivity index (χ4v) is 5.33. The van der Waals surface area contributed by atoms with Gasteiger partial charge in [-0.25, -0.2) is 4.99 Å². The van der Waals surface area contributed by atoms with Gasteiger partial charge in [-0.1, -0.05) is 56.8 Å². The van der Waals surface area contributed by atoms with Gasteiger partial charge in [0.25, 0.3) is 5.91 Å². The number of nitrogens with one attached hydrogen (secondary N) is 1. The van der Waals surface area contributed by atoms with Crippen LogP contribution in [-0.4, -0.2) is 19.5 Å². The molecule has 1 fully saturated rings. The Morgan fingerprint density at radius 1 is 1.03 bits per heavy atom. The van der Waals surface area contributed by atoms with Crippen molar-refractivity contribution in [3.05, 3.63) is 91.2 Å². The predicted octanol–water partition coefficient (Wildman–Crippen LogP) is 6.72. The minimum Gasteiger partial charge on any atom is -0.378 e. The topological polar surface area (TPSA) is 84.8 Å². The van der Waals surface area contributed by atoms with Crippen LogP contribution in [0.1, 0.15) is 11.1 Å². The highest BCUT2D eigenvalue weighted by molar-refractivity contribution is 9.10. The summed E-state index contributed by atoms with van der Waals surface area (Å²) < 4.78 is 31.7. The molecule has 0 unspecified atom stereocenters. The first-order chi connectivity index (χ1) is 16.1. The van der Waals surface area contributed by atoms with Gasteiger partial charge >= 0.3 is 10.1 Å². The van der Waals surface area contributed by atoms with Crippen molar-refractivity contribution in [3.8, 4) is 5.75 Å². The molecule has 0 spiro atoms. The van der Waals surface area contributed by atoms with Crippen molar-refractivity contribution in [1.29, 1.82) is 0 Å². The quantitative estimate of drug-likeness (QED) is 0.260. The van der Waals surface area contributed by atoms with Crippen LogP contribution in [0.25, 0.3) is 6.08 Å². The van der Waals surface area contributed by atoms with Crippen molar-refractivity contribution in [2.24, 2.45) is 4.99 Å². The average molecular weight is 598 g/mol. The predicted molar refractivity (Wildman–Crippen MR) is 140 cm³/mol. The highest BCUT2D eigenvalue weighted by Crippen LogP contribution is 2.34. The number of aliphatic imine (C=N–C) groups is 1. The average Bonchev–Trinajstić information content (AvgIpc) is 3.11. The van der Waals surface area contributed by atoms with Gasteiger partial charge in [0.05, 0.1) is 20.6 Å². The summed E-state index contributed by atoms with van der Waals surface area (Å²) >= 11 is 16.4. The number of hydrogen-bond donors (Lipinski definition) is 1. The fourth-order valence-electron chi connectivity index (χ4n) is 2.87. The molecular weight excluding hydrogens is 583 g/mol. The molecule has 0 radical (unpaired) electrons. The van der Waals surface area contributed by atoms with E-state index < -0.39 is 10.1 Å². The Hall–Kier alpha value is -2.30. The van der Waals surface area contributed by atoms with E-state index in [1.807, 2.05) is 6.92 Å². The largest absolute Gasteiger partial charge is 0.378 e. The lowest BCUT2D eigenvalue weighted by atomic mass is 10.2. The molecule has 6 nitrogen and oxygen atoms in total. The summed E-state index contributed by atoms with van der Waals surface area (Å²) in [4.78, 5) is 17.3. The monoisotopic (exact) mass is 596 g/mol. The molecule has 0 saturated carbocycles. The molecule has 0 aliphatic carbocycles. The van der Waals surface area contributed by atoms with E-state index in [0.29, 0.717) is 35.8 Å². The summed E-state index contributed by atoms with van der Waals surface area (Å²) in [6.45, 7) is 1.86. The number of aryl methyl sites for hydroxylation is 1. The van der Waals surface area contributed by atoms with Gasteiger partial charge in [-0.15, -0.1) is 0 Å². The summed E-state index contributed by atoms with van der Waals surface area (Å²) in [5, 5.41) is 3.77. The molecule has 1 N–H and O–H groups in total. The number of halogens is 3. The second-order valence-electron chi connectivity index (χ2n) is 7.11. The number of thioether (sulfide) groups is 1. The van der Waals surface area contributed by atoms with E-state index in [0.717, 1.165) is 17.3 Å². The molecule has 1 amide bonds. The minimum absolute atomic E-state index is 0.0312. The molecule has 3 aromatic carbocycles. The lowest BCUT2D eigenvalue weighted by Crippen LogP contribution is -2.19. The summed E-state index contributed by atoms with van der Waals surface area (Å²) in [5.41, 5.74) is 1.85. The van der Waals surface area contributed by atoms with E-state index in [1.165, 1.54) is 18.2 Å². The number of hydrogen-bond acceptors (Lipinski definition) is 6. The van der Waals surface area contributed by atoms with Crippen molar-refractivity contribution in [2.75, 3.05) is 0 Å². The maximum absolute atomic E-state index is 12.8. The van der Waals surface area contributed by atoms with Crippen molar-refractivity contribution in [2.45, 2.75) is 11.8 Å². The molecule has 1 heterocycles. The fraction of sp³-hybridized carbons (Fsp3) is 0.0435. The Kier molecular flexibility index (Phi) is 7.39. The minimum atomic E-state index is -4.07. The summed E-state index contributed by atoms with van der Waals surface area (Å²) in [7, 11) is -4.07. The van der Waals surface area contributed by atoms with Crippen LogP contribution in [0.4, 0.5) is 5.69 Å². The van der Waals surface area contributed by atoms with Crippen LogP contribution in [-0.2, 0) is 14.9 Å². The van der Waals surface area contributed by atoms with Gasteiger partial charge in [0.1, 0.15) is 10.6 Å². The Morgan fingerprint density at radius 2 is 1.76 bits per heavy atom. The first kappa shape index (κ1) is 24.8. The summed E-state index contributed by atoms with van der Waals surface area (Å²) in [6, 6.07) is 16.0. The van der Waals surface area contributed by atoms with E-state index in [-0.39, 0.29) is 16.6 Å².